The van der Waals surface area contributed by atoms with Gasteiger partial charge in [-0.05, 0) is 57.9 Å². The van der Waals surface area contributed by atoms with Gasteiger partial charge in [-0.3, -0.25) is 8.80 Å². The Kier molecular flexibility index (Phi) is 3.99. The van der Waals surface area contributed by atoms with E-state index in [4.69, 9.17) is 9.97 Å². The number of imidazole rings is 4. The molecule has 0 saturated heterocycles. The number of rotatable bonds is 1. The van der Waals surface area contributed by atoms with E-state index in [9.17, 15) is 0 Å². The first-order chi connectivity index (χ1) is 21.8. The molecule has 0 unspecified atom stereocenters. The Balaban J connectivity index is 1.49. The maximum absolute atomic E-state index is 5.32. The maximum atomic E-state index is 5.32. The number of hydrogen-bond donors (Lipinski definition) is 0. The largest absolute Gasteiger partial charge is 0.275 e. The third-order valence-electron chi connectivity index (χ3n) is 9.29. The molecular formula is C38H22N6. The Bertz CT molecular complexity index is 3000. The van der Waals surface area contributed by atoms with Crippen molar-refractivity contribution < 1.29 is 0 Å². The fourth-order valence-electron chi connectivity index (χ4n) is 7.47. The van der Waals surface area contributed by atoms with Crippen molar-refractivity contribution >= 4 is 88.0 Å². The average Bonchev–Trinajstić information content (AvgIpc) is 3.80. The second kappa shape index (κ2) is 7.82. The molecule has 4 heterocycles. The van der Waals surface area contributed by atoms with Crippen LogP contribution in [0.25, 0.3) is 88.0 Å². The van der Waals surface area contributed by atoms with E-state index in [0.29, 0.717) is 0 Å². The summed E-state index contributed by atoms with van der Waals surface area (Å²) in [5.41, 5.74) is 8.50. The molecule has 0 aliphatic heterocycles. The zero-order chi connectivity index (χ0) is 28.5. The Labute approximate surface area is 249 Å². The Morgan fingerprint density at radius 1 is 0.364 bits per heavy atom. The van der Waals surface area contributed by atoms with E-state index in [1.165, 1.54) is 32.3 Å². The normalized spacial score (nSPS) is 12.5. The molecule has 0 amide bonds. The summed E-state index contributed by atoms with van der Waals surface area (Å²) in [6, 6.07) is 47.5. The van der Waals surface area contributed by atoms with E-state index in [-0.39, 0.29) is 0 Å². The molecule has 6 nitrogen and oxygen atoms in total. The van der Waals surface area contributed by atoms with Gasteiger partial charge in [0.05, 0.1) is 44.1 Å². The van der Waals surface area contributed by atoms with Crippen molar-refractivity contribution in [2.45, 2.75) is 0 Å². The van der Waals surface area contributed by atoms with Crippen LogP contribution >= 0.6 is 0 Å². The van der Waals surface area contributed by atoms with E-state index < -0.39 is 0 Å². The molecule has 11 aromatic rings. The molecule has 0 atom stereocenters. The van der Waals surface area contributed by atoms with Crippen molar-refractivity contribution in [3.8, 4) is 0 Å². The predicted octanol–water partition coefficient (Wildman–Crippen LogP) is 8.97. The molecule has 0 aliphatic rings. The fourth-order valence-corrected chi connectivity index (χ4v) is 7.47. The van der Waals surface area contributed by atoms with Gasteiger partial charge in [-0.25, -0.2) is 19.3 Å². The van der Waals surface area contributed by atoms with Crippen molar-refractivity contribution in [3.05, 3.63) is 133 Å². The Hall–Kier alpha value is -6.14. The molecule has 0 bridgehead atoms. The summed E-state index contributed by atoms with van der Waals surface area (Å²) in [7, 11) is 0. The van der Waals surface area contributed by atoms with E-state index in [1.807, 2.05) is 0 Å². The lowest BCUT2D eigenvalue weighted by Crippen LogP contribution is -2.10. The van der Waals surface area contributed by atoms with E-state index in [2.05, 4.69) is 152 Å². The number of benzene rings is 7. The maximum Gasteiger partial charge on any atom is 0.236 e. The standard InChI is InChI=1S/C38H22N6/c1-2-12-24-22-34-33(21-23(24)11-1)41-31-19-9-7-17-29(31)39-37(41)43(34)44-36-28-16-6-4-14-26(28)25-13-3-5-15-27(25)35(36)42-32-20-10-8-18-30(32)40-38(42)44/h1-22H. The highest BCUT2D eigenvalue weighted by Crippen LogP contribution is 2.40. The monoisotopic (exact) mass is 562 g/mol. The minimum atomic E-state index is 0.847. The highest BCUT2D eigenvalue weighted by molar-refractivity contribution is 6.25. The minimum absolute atomic E-state index is 0.847. The van der Waals surface area contributed by atoms with Crippen LogP contribution in [0.3, 0.4) is 0 Å². The molecule has 0 radical (unpaired) electrons. The molecule has 0 N–H and O–H groups in total. The molecule has 4 aromatic heterocycles. The number of para-hydroxylation sites is 4. The van der Waals surface area contributed by atoms with Crippen molar-refractivity contribution in [1.82, 2.24) is 28.1 Å². The van der Waals surface area contributed by atoms with Crippen LogP contribution in [0.2, 0.25) is 0 Å². The SMILES string of the molecule is c1ccc2cc3c(cc2c1)n(-n1c2c4ccccc4c4ccccc4c2n2c4ccccc4nc12)c1nc2ccccc2n31. The smallest absolute Gasteiger partial charge is 0.236 e. The molecule has 0 saturated carbocycles. The van der Waals surface area contributed by atoms with Gasteiger partial charge in [-0.2, -0.15) is 0 Å². The topological polar surface area (TPSA) is 44.5 Å². The van der Waals surface area contributed by atoms with Gasteiger partial charge in [0.25, 0.3) is 0 Å². The zero-order valence-electron chi connectivity index (χ0n) is 23.4. The third kappa shape index (κ3) is 2.62. The van der Waals surface area contributed by atoms with Crippen LogP contribution in [0.1, 0.15) is 0 Å². The quantitative estimate of drug-likeness (QED) is 0.188. The van der Waals surface area contributed by atoms with Crippen molar-refractivity contribution in [1.29, 1.82) is 0 Å². The molecule has 11 rings (SSSR count). The molecule has 6 heteroatoms. The summed E-state index contributed by atoms with van der Waals surface area (Å²) in [4.78, 5) is 10.6. The molecule has 44 heavy (non-hydrogen) atoms. The second-order valence-corrected chi connectivity index (χ2v) is 11.6. The van der Waals surface area contributed by atoms with Gasteiger partial charge in [-0.1, -0.05) is 97.1 Å². The average molecular weight is 563 g/mol. The number of aromatic nitrogens is 6. The fraction of sp³-hybridized carbons (Fsp3) is 0. The summed E-state index contributed by atoms with van der Waals surface area (Å²) in [5, 5.41) is 7.19. The van der Waals surface area contributed by atoms with Crippen molar-refractivity contribution in [2.24, 2.45) is 0 Å². The van der Waals surface area contributed by atoms with Crippen LogP contribution in [0.15, 0.2) is 133 Å². The number of fused-ring (bicyclic) bond motifs is 16. The van der Waals surface area contributed by atoms with Gasteiger partial charge in [0.1, 0.15) is 0 Å². The first kappa shape index (κ1) is 22.5. The van der Waals surface area contributed by atoms with Gasteiger partial charge < -0.3 is 0 Å². The molecule has 7 aromatic carbocycles. The van der Waals surface area contributed by atoms with Crippen LogP contribution in [0.5, 0.6) is 0 Å². The van der Waals surface area contributed by atoms with Gasteiger partial charge >= 0.3 is 0 Å². The van der Waals surface area contributed by atoms with Gasteiger partial charge in [0, 0.05) is 10.8 Å². The van der Waals surface area contributed by atoms with Crippen LogP contribution < -0.4 is 0 Å². The van der Waals surface area contributed by atoms with Gasteiger partial charge in [-0.15, -0.1) is 0 Å². The Morgan fingerprint density at radius 2 is 0.841 bits per heavy atom. The van der Waals surface area contributed by atoms with Crippen LogP contribution in [0.4, 0.5) is 0 Å². The Morgan fingerprint density at radius 3 is 1.50 bits per heavy atom. The summed E-state index contributed by atoms with van der Waals surface area (Å²) in [5.74, 6) is 1.70. The lowest BCUT2D eigenvalue weighted by atomic mass is 10.00. The van der Waals surface area contributed by atoms with E-state index in [0.717, 1.165) is 55.7 Å². The lowest BCUT2D eigenvalue weighted by molar-refractivity contribution is 0.745. The first-order valence-corrected chi connectivity index (χ1v) is 14.9. The molecule has 204 valence electrons. The molecule has 0 spiro atoms. The highest BCUT2D eigenvalue weighted by Gasteiger charge is 2.26. The number of nitrogens with zero attached hydrogens (tertiary/aromatic N) is 6. The van der Waals surface area contributed by atoms with Crippen LogP contribution in [-0.4, -0.2) is 28.1 Å². The van der Waals surface area contributed by atoms with Crippen LogP contribution in [0, 0.1) is 0 Å². The lowest BCUT2D eigenvalue weighted by Gasteiger charge is -2.12. The van der Waals surface area contributed by atoms with Gasteiger partial charge in [0.15, 0.2) is 0 Å². The molecular weight excluding hydrogens is 540 g/mol. The summed E-state index contributed by atoms with van der Waals surface area (Å²) >= 11 is 0. The van der Waals surface area contributed by atoms with E-state index in [1.54, 1.807) is 0 Å². The van der Waals surface area contributed by atoms with Crippen molar-refractivity contribution in [3.63, 3.8) is 0 Å². The van der Waals surface area contributed by atoms with Crippen molar-refractivity contribution in [2.75, 3.05) is 0 Å². The van der Waals surface area contributed by atoms with E-state index >= 15 is 0 Å². The highest BCUT2D eigenvalue weighted by atomic mass is 15.5. The summed E-state index contributed by atoms with van der Waals surface area (Å²) in [6.07, 6.45) is 0. The van der Waals surface area contributed by atoms with Crippen LogP contribution in [-0.2, 0) is 0 Å². The molecule has 0 fully saturated rings. The second-order valence-electron chi connectivity index (χ2n) is 11.6. The summed E-state index contributed by atoms with van der Waals surface area (Å²) < 4.78 is 9.23. The first-order valence-electron chi connectivity index (χ1n) is 14.9. The number of hydrogen-bond acceptors (Lipinski definition) is 2. The predicted molar refractivity (Wildman–Crippen MR) is 180 cm³/mol. The van der Waals surface area contributed by atoms with Gasteiger partial charge in [0.2, 0.25) is 11.6 Å². The third-order valence-corrected chi connectivity index (χ3v) is 9.29. The minimum Gasteiger partial charge on any atom is -0.275 e. The zero-order valence-corrected chi connectivity index (χ0v) is 23.4. The summed E-state index contributed by atoms with van der Waals surface area (Å²) in [6.45, 7) is 0. The molecule has 0 aliphatic carbocycles.